The summed E-state index contributed by atoms with van der Waals surface area (Å²) in [5.41, 5.74) is 8.59. The Labute approximate surface area is 83.1 Å². The molecule has 0 amide bonds. The van der Waals surface area contributed by atoms with E-state index < -0.39 is 0 Å². The van der Waals surface area contributed by atoms with Crippen LogP contribution in [0, 0.1) is 0 Å². The van der Waals surface area contributed by atoms with Gasteiger partial charge in [-0.05, 0) is 50.6 Å². The maximum Gasteiger partial charge on any atom is 0.120 e. The standard InChI is InChI=1S/C10H13N3O/c1-10(2,3)14-9-6-4-8(5-7-9)12-13-11/h4-7H,1-3H3. The molecule has 0 aliphatic carbocycles. The van der Waals surface area contributed by atoms with Gasteiger partial charge < -0.3 is 4.74 Å². The zero-order valence-electron chi connectivity index (χ0n) is 8.56. The van der Waals surface area contributed by atoms with Crippen LogP contribution in [-0.4, -0.2) is 5.60 Å². The second kappa shape index (κ2) is 4.03. The van der Waals surface area contributed by atoms with E-state index in [1.54, 1.807) is 24.3 Å². The Morgan fingerprint density at radius 2 is 1.79 bits per heavy atom. The molecule has 0 bridgehead atoms. The highest BCUT2D eigenvalue weighted by atomic mass is 16.5. The molecule has 4 heteroatoms. The van der Waals surface area contributed by atoms with Gasteiger partial charge in [0.25, 0.3) is 0 Å². The van der Waals surface area contributed by atoms with Crippen molar-refractivity contribution in [1.82, 2.24) is 0 Å². The van der Waals surface area contributed by atoms with E-state index >= 15 is 0 Å². The molecule has 0 heterocycles. The van der Waals surface area contributed by atoms with E-state index in [2.05, 4.69) is 10.0 Å². The lowest BCUT2D eigenvalue weighted by atomic mass is 10.2. The molecule has 0 atom stereocenters. The monoisotopic (exact) mass is 191 g/mol. The van der Waals surface area contributed by atoms with E-state index in [0.29, 0.717) is 5.69 Å². The topological polar surface area (TPSA) is 58.0 Å². The Morgan fingerprint density at radius 1 is 1.21 bits per heavy atom. The highest BCUT2D eigenvalue weighted by Crippen LogP contribution is 2.21. The largest absolute Gasteiger partial charge is 0.488 e. The summed E-state index contributed by atoms with van der Waals surface area (Å²) >= 11 is 0. The highest BCUT2D eigenvalue weighted by molar-refractivity contribution is 5.41. The molecule has 0 fully saturated rings. The van der Waals surface area contributed by atoms with E-state index in [1.807, 2.05) is 20.8 Å². The van der Waals surface area contributed by atoms with Crippen molar-refractivity contribution in [2.75, 3.05) is 0 Å². The van der Waals surface area contributed by atoms with Crippen molar-refractivity contribution in [3.05, 3.63) is 34.7 Å². The maximum atomic E-state index is 8.20. The predicted octanol–water partition coefficient (Wildman–Crippen LogP) is 3.81. The fourth-order valence-electron chi connectivity index (χ4n) is 0.986. The number of rotatable bonds is 2. The SMILES string of the molecule is CC(C)(C)Oc1ccc(N=[N+]=[N-])cc1. The van der Waals surface area contributed by atoms with E-state index in [-0.39, 0.29) is 5.60 Å². The molecule has 14 heavy (non-hydrogen) atoms. The third kappa shape index (κ3) is 3.37. The van der Waals surface area contributed by atoms with Crippen molar-refractivity contribution in [2.24, 2.45) is 5.11 Å². The summed E-state index contributed by atoms with van der Waals surface area (Å²) in [4.78, 5) is 2.69. The minimum absolute atomic E-state index is 0.208. The molecule has 0 aliphatic rings. The highest BCUT2D eigenvalue weighted by Gasteiger charge is 2.10. The molecule has 1 rings (SSSR count). The molecule has 4 nitrogen and oxygen atoms in total. The molecule has 0 unspecified atom stereocenters. The van der Waals surface area contributed by atoms with Crippen molar-refractivity contribution in [3.8, 4) is 5.75 Å². The number of hydrogen-bond acceptors (Lipinski definition) is 2. The first-order chi connectivity index (χ1) is 6.51. The first-order valence-corrected chi connectivity index (χ1v) is 4.35. The molecule has 0 spiro atoms. The number of nitrogens with zero attached hydrogens (tertiary/aromatic N) is 3. The summed E-state index contributed by atoms with van der Waals surface area (Å²) in [5, 5.41) is 3.47. The molecule has 0 aromatic heterocycles. The van der Waals surface area contributed by atoms with E-state index in [1.165, 1.54) is 0 Å². The molecular formula is C10H13N3O. The minimum Gasteiger partial charge on any atom is -0.488 e. The zero-order chi connectivity index (χ0) is 10.6. The predicted molar refractivity (Wildman–Crippen MR) is 55.6 cm³/mol. The summed E-state index contributed by atoms with van der Waals surface area (Å²) in [5.74, 6) is 0.773. The Kier molecular flexibility index (Phi) is 2.99. The van der Waals surface area contributed by atoms with Gasteiger partial charge in [-0.2, -0.15) is 0 Å². The van der Waals surface area contributed by atoms with Crippen molar-refractivity contribution in [3.63, 3.8) is 0 Å². The van der Waals surface area contributed by atoms with Crippen molar-refractivity contribution >= 4 is 5.69 Å². The van der Waals surface area contributed by atoms with Crippen LogP contribution >= 0.6 is 0 Å². The number of benzene rings is 1. The summed E-state index contributed by atoms with van der Waals surface area (Å²) in [6, 6.07) is 7.02. The van der Waals surface area contributed by atoms with Gasteiger partial charge in [-0.1, -0.05) is 5.11 Å². The van der Waals surface area contributed by atoms with Gasteiger partial charge in [0.05, 0.1) is 0 Å². The lowest BCUT2D eigenvalue weighted by molar-refractivity contribution is 0.131. The van der Waals surface area contributed by atoms with E-state index in [4.69, 9.17) is 10.3 Å². The molecular weight excluding hydrogens is 178 g/mol. The van der Waals surface area contributed by atoms with Crippen LogP contribution in [0.5, 0.6) is 5.75 Å². The van der Waals surface area contributed by atoms with Crippen molar-refractivity contribution < 1.29 is 4.74 Å². The van der Waals surface area contributed by atoms with E-state index in [0.717, 1.165) is 5.75 Å². The first kappa shape index (κ1) is 10.4. The van der Waals surface area contributed by atoms with Crippen LogP contribution in [0.2, 0.25) is 0 Å². The second-order valence-corrected chi connectivity index (χ2v) is 3.90. The average Bonchev–Trinajstić information content (AvgIpc) is 2.06. The lowest BCUT2D eigenvalue weighted by Gasteiger charge is -2.21. The lowest BCUT2D eigenvalue weighted by Crippen LogP contribution is -2.22. The van der Waals surface area contributed by atoms with Gasteiger partial charge in [0.2, 0.25) is 0 Å². The summed E-state index contributed by atoms with van der Waals surface area (Å²) in [6.45, 7) is 5.94. The molecule has 0 saturated carbocycles. The molecule has 0 aliphatic heterocycles. The minimum atomic E-state index is -0.208. The van der Waals surface area contributed by atoms with Gasteiger partial charge in [0.15, 0.2) is 0 Å². The van der Waals surface area contributed by atoms with Gasteiger partial charge in [0, 0.05) is 10.6 Å². The second-order valence-electron chi connectivity index (χ2n) is 3.90. The zero-order valence-corrected chi connectivity index (χ0v) is 8.56. The first-order valence-electron chi connectivity index (χ1n) is 4.35. The fraction of sp³-hybridized carbons (Fsp3) is 0.400. The van der Waals surface area contributed by atoms with Gasteiger partial charge in [-0.25, -0.2) is 0 Å². The Bertz CT molecular complexity index is 345. The van der Waals surface area contributed by atoms with Gasteiger partial charge in [-0.15, -0.1) is 0 Å². The van der Waals surface area contributed by atoms with E-state index in [9.17, 15) is 0 Å². The summed E-state index contributed by atoms with van der Waals surface area (Å²) in [7, 11) is 0. The smallest absolute Gasteiger partial charge is 0.120 e. The van der Waals surface area contributed by atoms with Crippen LogP contribution in [0.3, 0.4) is 0 Å². The fourth-order valence-corrected chi connectivity index (χ4v) is 0.986. The molecule has 1 aromatic rings. The average molecular weight is 191 g/mol. The molecule has 1 aromatic carbocycles. The number of azide groups is 1. The van der Waals surface area contributed by atoms with Crippen LogP contribution in [0.15, 0.2) is 29.4 Å². The Balaban J connectivity index is 2.78. The molecule has 0 saturated heterocycles. The quantitative estimate of drug-likeness (QED) is 0.398. The number of ether oxygens (including phenoxy) is 1. The molecule has 0 N–H and O–H groups in total. The van der Waals surface area contributed by atoms with Crippen molar-refractivity contribution in [2.45, 2.75) is 26.4 Å². The van der Waals surface area contributed by atoms with Crippen molar-refractivity contribution in [1.29, 1.82) is 0 Å². The summed E-state index contributed by atoms with van der Waals surface area (Å²) < 4.78 is 5.60. The van der Waals surface area contributed by atoms with Gasteiger partial charge >= 0.3 is 0 Å². The van der Waals surface area contributed by atoms with Crippen LogP contribution < -0.4 is 4.74 Å². The third-order valence-corrected chi connectivity index (χ3v) is 1.42. The summed E-state index contributed by atoms with van der Waals surface area (Å²) in [6.07, 6.45) is 0. The number of hydrogen-bond donors (Lipinski definition) is 0. The van der Waals surface area contributed by atoms with Crippen LogP contribution in [0.4, 0.5) is 5.69 Å². The Morgan fingerprint density at radius 3 is 2.21 bits per heavy atom. The van der Waals surface area contributed by atoms with Crippen LogP contribution in [0.1, 0.15) is 20.8 Å². The Hall–Kier alpha value is -1.67. The molecule has 0 radical (unpaired) electrons. The third-order valence-electron chi connectivity index (χ3n) is 1.42. The van der Waals surface area contributed by atoms with Crippen LogP contribution in [-0.2, 0) is 0 Å². The van der Waals surface area contributed by atoms with Gasteiger partial charge in [-0.3, -0.25) is 0 Å². The van der Waals surface area contributed by atoms with Crippen LogP contribution in [0.25, 0.3) is 10.4 Å². The maximum absolute atomic E-state index is 8.20. The molecule has 74 valence electrons. The van der Waals surface area contributed by atoms with Gasteiger partial charge in [0.1, 0.15) is 11.4 Å². The normalized spacial score (nSPS) is 10.5.